The van der Waals surface area contributed by atoms with Gasteiger partial charge >= 0.3 is 0 Å². The van der Waals surface area contributed by atoms with E-state index in [4.69, 9.17) is 5.73 Å². The molecule has 1 atom stereocenters. The normalized spacial score (nSPS) is 23.5. The molecule has 1 aromatic heterocycles. The van der Waals surface area contributed by atoms with Gasteiger partial charge in [0.25, 0.3) is 0 Å². The maximum atomic E-state index is 12.2. The molecule has 2 heterocycles. The Kier molecular flexibility index (Phi) is 3.04. The Morgan fingerprint density at radius 1 is 1.29 bits per heavy atom. The van der Waals surface area contributed by atoms with E-state index in [0.29, 0.717) is 11.1 Å². The number of nitrogen functional groups attached to an aromatic ring is 1. The standard InChI is InChI=1S/C15H16N2O3S/c1-10-8-12(14(16)17-9-10)15(18)6-7-21(19,20)13-5-3-2-4-11(13)15/h2-5,8-9,18H,6-7H2,1H3,(H2,16,17). The van der Waals surface area contributed by atoms with Gasteiger partial charge < -0.3 is 10.8 Å². The number of aliphatic hydroxyl groups is 1. The van der Waals surface area contributed by atoms with Crippen molar-refractivity contribution in [2.24, 2.45) is 0 Å². The van der Waals surface area contributed by atoms with E-state index in [9.17, 15) is 13.5 Å². The molecule has 1 aliphatic heterocycles. The van der Waals surface area contributed by atoms with Crippen molar-refractivity contribution in [1.82, 2.24) is 4.98 Å². The van der Waals surface area contributed by atoms with E-state index in [0.717, 1.165) is 5.56 Å². The molecule has 3 N–H and O–H groups in total. The Hall–Kier alpha value is -1.92. The fourth-order valence-electron chi connectivity index (χ4n) is 2.80. The zero-order chi connectivity index (χ0) is 15.3. The third-order valence-electron chi connectivity index (χ3n) is 3.90. The summed E-state index contributed by atoms with van der Waals surface area (Å²) < 4.78 is 24.4. The summed E-state index contributed by atoms with van der Waals surface area (Å²) in [6.07, 6.45) is 1.69. The molecule has 3 rings (SSSR count). The van der Waals surface area contributed by atoms with Crippen LogP contribution in [0.3, 0.4) is 0 Å². The zero-order valence-electron chi connectivity index (χ0n) is 11.6. The van der Waals surface area contributed by atoms with Crippen molar-refractivity contribution in [3.05, 3.63) is 53.2 Å². The van der Waals surface area contributed by atoms with Gasteiger partial charge in [-0.05, 0) is 31.0 Å². The lowest BCUT2D eigenvalue weighted by Crippen LogP contribution is -2.37. The highest BCUT2D eigenvalue weighted by Crippen LogP contribution is 2.43. The van der Waals surface area contributed by atoms with Crippen LogP contribution in [0.25, 0.3) is 0 Å². The Morgan fingerprint density at radius 2 is 2.00 bits per heavy atom. The van der Waals surface area contributed by atoms with Crippen LogP contribution in [0.2, 0.25) is 0 Å². The number of nitrogens with two attached hydrogens (primary N) is 1. The number of benzene rings is 1. The molecule has 0 aliphatic carbocycles. The van der Waals surface area contributed by atoms with Crippen molar-refractivity contribution >= 4 is 15.7 Å². The molecule has 0 amide bonds. The lowest BCUT2D eigenvalue weighted by Gasteiger charge is -2.35. The second-order valence-electron chi connectivity index (χ2n) is 5.37. The highest BCUT2D eigenvalue weighted by Gasteiger charge is 2.43. The van der Waals surface area contributed by atoms with Crippen LogP contribution >= 0.6 is 0 Å². The molecule has 21 heavy (non-hydrogen) atoms. The average Bonchev–Trinajstić information content (AvgIpc) is 2.46. The summed E-state index contributed by atoms with van der Waals surface area (Å²) in [6.45, 7) is 1.85. The van der Waals surface area contributed by atoms with Gasteiger partial charge in [-0.2, -0.15) is 0 Å². The summed E-state index contributed by atoms with van der Waals surface area (Å²) >= 11 is 0. The first kappa shape index (κ1) is 14.0. The molecular formula is C15H16N2O3S. The summed E-state index contributed by atoms with van der Waals surface area (Å²) in [5, 5.41) is 11.1. The molecule has 6 heteroatoms. The number of sulfone groups is 1. The maximum Gasteiger partial charge on any atom is 0.178 e. The quantitative estimate of drug-likeness (QED) is 0.830. The summed E-state index contributed by atoms with van der Waals surface area (Å²) in [5.41, 5.74) is 6.18. The molecule has 1 aliphatic rings. The number of anilines is 1. The molecule has 5 nitrogen and oxygen atoms in total. The Morgan fingerprint density at radius 3 is 2.76 bits per heavy atom. The van der Waals surface area contributed by atoms with E-state index < -0.39 is 15.4 Å². The van der Waals surface area contributed by atoms with Gasteiger partial charge in [-0.3, -0.25) is 0 Å². The largest absolute Gasteiger partial charge is 0.383 e. The minimum Gasteiger partial charge on any atom is -0.383 e. The molecule has 0 fully saturated rings. The first-order chi connectivity index (χ1) is 9.84. The second-order valence-corrected chi connectivity index (χ2v) is 7.45. The number of pyridine rings is 1. The summed E-state index contributed by atoms with van der Waals surface area (Å²) in [5.74, 6) is 0.102. The van der Waals surface area contributed by atoms with Crippen LogP contribution in [0.15, 0.2) is 41.4 Å². The number of fused-ring (bicyclic) bond motifs is 1. The van der Waals surface area contributed by atoms with Crippen molar-refractivity contribution in [2.75, 3.05) is 11.5 Å². The van der Waals surface area contributed by atoms with E-state index in [-0.39, 0.29) is 22.9 Å². The molecule has 0 spiro atoms. The maximum absolute atomic E-state index is 12.2. The fourth-order valence-corrected chi connectivity index (χ4v) is 4.44. The smallest absolute Gasteiger partial charge is 0.178 e. The van der Waals surface area contributed by atoms with Crippen molar-refractivity contribution in [1.29, 1.82) is 0 Å². The van der Waals surface area contributed by atoms with Gasteiger partial charge in [0.05, 0.1) is 10.6 Å². The molecule has 0 bridgehead atoms. The van der Waals surface area contributed by atoms with Crippen LogP contribution in [-0.4, -0.2) is 24.3 Å². The summed E-state index contributed by atoms with van der Waals surface area (Å²) in [6, 6.07) is 8.28. The van der Waals surface area contributed by atoms with Gasteiger partial charge in [-0.15, -0.1) is 0 Å². The monoisotopic (exact) mass is 304 g/mol. The average molecular weight is 304 g/mol. The van der Waals surface area contributed by atoms with E-state index >= 15 is 0 Å². The molecule has 0 saturated carbocycles. The van der Waals surface area contributed by atoms with Gasteiger partial charge in [0.15, 0.2) is 9.84 Å². The summed E-state index contributed by atoms with van der Waals surface area (Å²) in [4.78, 5) is 4.24. The van der Waals surface area contributed by atoms with Crippen molar-refractivity contribution in [3.63, 3.8) is 0 Å². The predicted octanol–water partition coefficient (Wildman–Crippen LogP) is 1.39. The summed E-state index contributed by atoms with van der Waals surface area (Å²) in [7, 11) is -3.37. The molecule has 1 unspecified atom stereocenters. The highest BCUT2D eigenvalue weighted by atomic mass is 32.2. The second kappa shape index (κ2) is 4.54. The van der Waals surface area contributed by atoms with Gasteiger partial charge in [-0.25, -0.2) is 13.4 Å². The van der Waals surface area contributed by atoms with Crippen LogP contribution in [0.1, 0.15) is 23.1 Å². The Balaban J connectivity index is 2.30. The lowest BCUT2D eigenvalue weighted by atomic mass is 9.83. The molecule has 1 aromatic carbocycles. The zero-order valence-corrected chi connectivity index (χ0v) is 12.4. The number of nitrogens with zero attached hydrogens (tertiary/aromatic N) is 1. The molecule has 0 radical (unpaired) electrons. The van der Waals surface area contributed by atoms with Crippen LogP contribution in [0, 0.1) is 6.92 Å². The highest BCUT2D eigenvalue weighted by molar-refractivity contribution is 7.91. The van der Waals surface area contributed by atoms with Gasteiger partial charge in [-0.1, -0.05) is 18.2 Å². The minimum atomic E-state index is -3.37. The van der Waals surface area contributed by atoms with E-state index in [1.165, 1.54) is 6.07 Å². The Labute approximate surface area is 123 Å². The van der Waals surface area contributed by atoms with Gasteiger partial charge in [0.1, 0.15) is 11.4 Å². The number of aryl methyl sites for hydroxylation is 1. The van der Waals surface area contributed by atoms with Crippen molar-refractivity contribution in [2.45, 2.75) is 23.8 Å². The molecule has 110 valence electrons. The van der Waals surface area contributed by atoms with Gasteiger partial charge in [0, 0.05) is 17.3 Å². The molecular weight excluding hydrogens is 288 g/mol. The van der Waals surface area contributed by atoms with Crippen molar-refractivity contribution in [3.8, 4) is 0 Å². The van der Waals surface area contributed by atoms with E-state index in [1.54, 1.807) is 30.5 Å². The van der Waals surface area contributed by atoms with Crippen LogP contribution in [-0.2, 0) is 15.4 Å². The number of hydrogen-bond donors (Lipinski definition) is 2. The number of hydrogen-bond acceptors (Lipinski definition) is 5. The van der Waals surface area contributed by atoms with Crippen molar-refractivity contribution < 1.29 is 13.5 Å². The Bertz CT molecular complexity index is 817. The number of rotatable bonds is 1. The first-order valence-corrected chi connectivity index (χ1v) is 8.27. The third-order valence-corrected chi connectivity index (χ3v) is 5.67. The molecule has 2 aromatic rings. The lowest BCUT2D eigenvalue weighted by molar-refractivity contribution is 0.0722. The van der Waals surface area contributed by atoms with Gasteiger partial charge in [0.2, 0.25) is 0 Å². The third kappa shape index (κ3) is 2.11. The first-order valence-electron chi connectivity index (χ1n) is 6.62. The topological polar surface area (TPSA) is 93.3 Å². The van der Waals surface area contributed by atoms with Crippen LogP contribution in [0.4, 0.5) is 5.82 Å². The number of aromatic nitrogens is 1. The fraction of sp³-hybridized carbons (Fsp3) is 0.267. The van der Waals surface area contributed by atoms with E-state index in [2.05, 4.69) is 4.98 Å². The molecule has 0 saturated heterocycles. The SMILES string of the molecule is Cc1cnc(N)c(C2(O)CCS(=O)(=O)c3ccccc32)c1. The van der Waals surface area contributed by atoms with Crippen LogP contribution < -0.4 is 5.73 Å². The predicted molar refractivity (Wildman–Crippen MR) is 79.5 cm³/mol. The van der Waals surface area contributed by atoms with E-state index in [1.807, 2.05) is 6.92 Å². The van der Waals surface area contributed by atoms with Crippen LogP contribution in [0.5, 0.6) is 0 Å². The minimum absolute atomic E-state index is 0.0711.